The molecule has 146 valence electrons. The van der Waals surface area contributed by atoms with Crippen LogP contribution in [-0.2, 0) is 14.8 Å². The van der Waals surface area contributed by atoms with Crippen LogP contribution in [0.1, 0.15) is 19.3 Å². The second-order valence-corrected chi connectivity index (χ2v) is 9.01. The number of hydrogen-bond acceptors (Lipinski definition) is 5. The van der Waals surface area contributed by atoms with Crippen molar-refractivity contribution in [3.63, 3.8) is 0 Å². The lowest BCUT2D eigenvalue weighted by Crippen LogP contribution is -2.51. The third-order valence-corrected chi connectivity index (χ3v) is 7.19. The van der Waals surface area contributed by atoms with Gasteiger partial charge in [0.2, 0.25) is 15.9 Å². The van der Waals surface area contributed by atoms with E-state index in [0.717, 1.165) is 19.4 Å². The summed E-state index contributed by atoms with van der Waals surface area (Å²) >= 11 is 0. The van der Waals surface area contributed by atoms with E-state index < -0.39 is 10.0 Å². The molecular formula is C17H23N5O4S. The van der Waals surface area contributed by atoms with Gasteiger partial charge < -0.3 is 20.2 Å². The fourth-order valence-electron chi connectivity index (χ4n) is 3.77. The van der Waals surface area contributed by atoms with Crippen molar-refractivity contribution < 1.29 is 13.2 Å². The Balaban J connectivity index is 1.42. The molecule has 0 radical (unpaired) electrons. The fraction of sp³-hybridized carbons (Fsp3) is 0.529. The van der Waals surface area contributed by atoms with Crippen LogP contribution in [0.2, 0.25) is 0 Å². The summed E-state index contributed by atoms with van der Waals surface area (Å²) in [5, 5.41) is 3.32. The lowest BCUT2D eigenvalue weighted by molar-refractivity contribution is -0.132. The summed E-state index contributed by atoms with van der Waals surface area (Å²) in [5.74, 6) is 0.0813. The Kier molecular flexibility index (Phi) is 4.79. The summed E-state index contributed by atoms with van der Waals surface area (Å²) in [6.45, 7) is 2.30. The molecule has 1 aromatic carbocycles. The van der Waals surface area contributed by atoms with E-state index in [9.17, 15) is 18.0 Å². The highest BCUT2D eigenvalue weighted by molar-refractivity contribution is 7.89. The first-order valence-electron chi connectivity index (χ1n) is 9.17. The average Bonchev–Trinajstić information content (AvgIpc) is 3.29. The number of amides is 1. The quantitative estimate of drug-likeness (QED) is 0.667. The van der Waals surface area contributed by atoms with E-state index in [1.165, 1.54) is 16.4 Å². The first-order chi connectivity index (χ1) is 12.9. The molecule has 4 rings (SSSR count). The molecular weight excluding hydrogens is 370 g/mol. The van der Waals surface area contributed by atoms with Gasteiger partial charge in [0.05, 0.1) is 15.9 Å². The van der Waals surface area contributed by atoms with Crippen LogP contribution in [-0.4, -0.2) is 72.3 Å². The van der Waals surface area contributed by atoms with Gasteiger partial charge in [0.15, 0.2) is 0 Å². The molecule has 2 aliphatic heterocycles. The molecule has 2 aliphatic rings. The van der Waals surface area contributed by atoms with Crippen molar-refractivity contribution in [3.05, 3.63) is 28.7 Å². The predicted octanol–water partition coefficient (Wildman–Crippen LogP) is -0.169. The molecule has 1 amide bonds. The number of aromatic nitrogens is 2. The third-order valence-electron chi connectivity index (χ3n) is 5.30. The molecule has 10 heteroatoms. The molecule has 1 unspecified atom stereocenters. The Morgan fingerprint density at radius 2 is 1.85 bits per heavy atom. The van der Waals surface area contributed by atoms with Gasteiger partial charge >= 0.3 is 5.69 Å². The highest BCUT2D eigenvalue weighted by Gasteiger charge is 2.31. The fourth-order valence-corrected chi connectivity index (χ4v) is 5.22. The molecule has 27 heavy (non-hydrogen) atoms. The molecule has 0 bridgehead atoms. The Labute approximate surface area is 156 Å². The van der Waals surface area contributed by atoms with Crippen LogP contribution in [0.15, 0.2) is 27.9 Å². The summed E-state index contributed by atoms with van der Waals surface area (Å²) in [6.07, 6.45) is 2.59. The smallest absolute Gasteiger partial charge is 0.323 e. The molecule has 2 saturated heterocycles. The Morgan fingerprint density at radius 1 is 1.11 bits per heavy atom. The van der Waals surface area contributed by atoms with Crippen molar-refractivity contribution in [2.24, 2.45) is 0 Å². The molecule has 0 saturated carbocycles. The minimum absolute atomic E-state index is 0.0813. The number of piperazine rings is 1. The zero-order valence-electron chi connectivity index (χ0n) is 14.9. The lowest BCUT2D eigenvalue weighted by Gasteiger charge is -2.34. The number of hydrogen-bond donors (Lipinski definition) is 3. The molecule has 1 atom stereocenters. The predicted molar refractivity (Wildman–Crippen MR) is 99.9 cm³/mol. The summed E-state index contributed by atoms with van der Waals surface area (Å²) in [7, 11) is -3.67. The minimum Gasteiger partial charge on any atom is -0.340 e. The molecule has 0 spiro atoms. The van der Waals surface area contributed by atoms with E-state index in [-0.39, 0.29) is 35.6 Å². The zero-order chi connectivity index (χ0) is 19.0. The number of aromatic amines is 2. The van der Waals surface area contributed by atoms with Gasteiger partial charge in [0, 0.05) is 38.6 Å². The van der Waals surface area contributed by atoms with Crippen molar-refractivity contribution in [1.29, 1.82) is 0 Å². The van der Waals surface area contributed by atoms with Gasteiger partial charge in [-0.2, -0.15) is 4.31 Å². The summed E-state index contributed by atoms with van der Waals surface area (Å²) in [5.41, 5.74) is 0.650. The molecule has 2 aromatic rings. The second kappa shape index (κ2) is 7.10. The lowest BCUT2D eigenvalue weighted by atomic mass is 10.1. The summed E-state index contributed by atoms with van der Waals surface area (Å²) in [4.78, 5) is 30.8. The van der Waals surface area contributed by atoms with Gasteiger partial charge in [0.1, 0.15) is 0 Å². The number of benzene rings is 1. The number of rotatable bonds is 4. The maximum Gasteiger partial charge on any atom is 0.323 e. The average molecular weight is 393 g/mol. The SMILES string of the molecule is O=C(CC1CCCN1)N1CCN(S(=O)(=O)c2ccc3[nH]c(=O)[nH]c3c2)CC1. The van der Waals surface area contributed by atoms with Crippen molar-refractivity contribution in [3.8, 4) is 0 Å². The summed E-state index contributed by atoms with van der Waals surface area (Å²) in [6, 6.07) is 4.78. The van der Waals surface area contributed by atoms with E-state index in [4.69, 9.17) is 0 Å². The molecule has 2 fully saturated rings. The summed E-state index contributed by atoms with van der Waals surface area (Å²) < 4.78 is 27.2. The topological polar surface area (TPSA) is 118 Å². The monoisotopic (exact) mass is 393 g/mol. The maximum absolute atomic E-state index is 12.9. The van der Waals surface area contributed by atoms with E-state index >= 15 is 0 Å². The standard InChI is InChI=1S/C17H23N5O4S/c23-16(10-12-2-1-5-18-12)21-6-8-22(9-7-21)27(25,26)13-3-4-14-15(11-13)20-17(24)19-14/h3-4,11-12,18H,1-2,5-10H2,(H2,19,20,24). The first-order valence-corrected chi connectivity index (χ1v) is 10.6. The largest absolute Gasteiger partial charge is 0.340 e. The molecule has 3 N–H and O–H groups in total. The van der Waals surface area contributed by atoms with Crippen LogP contribution in [0.4, 0.5) is 0 Å². The van der Waals surface area contributed by atoms with Crippen molar-refractivity contribution in [1.82, 2.24) is 24.5 Å². The van der Waals surface area contributed by atoms with E-state index in [2.05, 4.69) is 15.3 Å². The van der Waals surface area contributed by atoms with Crippen molar-refractivity contribution >= 4 is 27.0 Å². The van der Waals surface area contributed by atoms with Crippen LogP contribution in [0, 0.1) is 0 Å². The zero-order valence-corrected chi connectivity index (χ0v) is 15.7. The van der Waals surface area contributed by atoms with Gasteiger partial charge in [0.25, 0.3) is 0 Å². The van der Waals surface area contributed by atoms with E-state index in [1.54, 1.807) is 11.0 Å². The number of carbonyl (C=O) groups is 1. The van der Waals surface area contributed by atoms with Gasteiger partial charge in [-0.25, -0.2) is 13.2 Å². The van der Waals surface area contributed by atoms with Crippen LogP contribution in [0.5, 0.6) is 0 Å². The maximum atomic E-state index is 12.9. The van der Waals surface area contributed by atoms with Crippen molar-refractivity contribution in [2.45, 2.75) is 30.2 Å². The van der Waals surface area contributed by atoms with Gasteiger partial charge in [-0.05, 0) is 37.6 Å². The number of H-pyrrole nitrogens is 2. The first kappa shape index (κ1) is 18.2. The molecule has 3 heterocycles. The van der Waals surface area contributed by atoms with E-state index in [1.807, 2.05) is 0 Å². The Hall–Kier alpha value is -2.17. The number of nitrogens with zero attached hydrogens (tertiary/aromatic N) is 2. The second-order valence-electron chi connectivity index (χ2n) is 7.07. The van der Waals surface area contributed by atoms with Gasteiger partial charge in [-0.15, -0.1) is 0 Å². The number of fused-ring (bicyclic) bond motifs is 1. The number of nitrogens with one attached hydrogen (secondary N) is 3. The number of carbonyl (C=O) groups excluding carboxylic acids is 1. The Bertz CT molecular complexity index is 998. The van der Waals surface area contributed by atoms with Crippen LogP contribution in [0.25, 0.3) is 11.0 Å². The van der Waals surface area contributed by atoms with Crippen LogP contribution < -0.4 is 11.0 Å². The normalized spacial score (nSPS) is 21.8. The van der Waals surface area contributed by atoms with Crippen LogP contribution >= 0.6 is 0 Å². The van der Waals surface area contributed by atoms with E-state index in [0.29, 0.717) is 30.5 Å². The molecule has 1 aromatic heterocycles. The van der Waals surface area contributed by atoms with Gasteiger partial charge in [-0.3, -0.25) is 4.79 Å². The highest BCUT2D eigenvalue weighted by Crippen LogP contribution is 2.21. The molecule has 0 aliphatic carbocycles. The number of imidazole rings is 1. The van der Waals surface area contributed by atoms with Gasteiger partial charge in [-0.1, -0.05) is 0 Å². The van der Waals surface area contributed by atoms with Crippen LogP contribution in [0.3, 0.4) is 0 Å². The molecule has 9 nitrogen and oxygen atoms in total. The minimum atomic E-state index is -3.67. The van der Waals surface area contributed by atoms with Crippen molar-refractivity contribution in [2.75, 3.05) is 32.7 Å². The Morgan fingerprint density at radius 3 is 2.56 bits per heavy atom. The third kappa shape index (κ3) is 3.64. The highest BCUT2D eigenvalue weighted by atomic mass is 32.2. The number of sulfonamides is 1.